The summed E-state index contributed by atoms with van der Waals surface area (Å²) in [5, 5.41) is 4.17. The van der Waals surface area contributed by atoms with Crippen molar-refractivity contribution >= 4 is 28.8 Å². The maximum Gasteiger partial charge on any atom is 0.0690 e. The first-order chi connectivity index (χ1) is 6.77. The largest absolute Gasteiger partial charge is 0.383 e. The summed E-state index contributed by atoms with van der Waals surface area (Å²) in [4.78, 5) is 0.865. The molecule has 1 rings (SSSR count). The van der Waals surface area contributed by atoms with Gasteiger partial charge in [-0.2, -0.15) is 0 Å². The van der Waals surface area contributed by atoms with Crippen LogP contribution in [-0.2, 0) is 0 Å². The maximum atomic E-state index is 5.30. The number of rotatable bonds is 4. The molecule has 0 spiro atoms. The number of allylic oxidation sites excluding steroid dienone is 1. The molecule has 0 aliphatic rings. The summed E-state index contributed by atoms with van der Waals surface area (Å²) in [6, 6.07) is 10.0. The third kappa shape index (κ3) is 3.16. The highest BCUT2D eigenvalue weighted by atomic mass is 32.2. The Morgan fingerprint density at radius 2 is 2.00 bits per heavy atom. The Kier molecular flexibility index (Phi) is 4.70. The van der Waals surface area contributed by atoms with E-state index in [1.165, 1.54) is 0 Å². The highest BCUT2D eigenvalue weighted by Crippen LogP contribution is 2.10. The summed E-state index contributed by atoms with van der Waals surface area (Å²) in [6.07, 6.45) is 4.01. The predicted molar refractivity (Wildman–Crippen MR) is 68.8 cm³/mol. The van der Waals surface area contributed by atoms with Gasteiger partial charge in [0.2, 0.25) is 0 Å². The molecule has 14 heavy (non-hydrogen) atoms. The molecule has 0 aliphatic heterocycles. The number of thiocarbonyl (C=S) groups is 1. The van der Waals surface area contributed by atoms with E-state index in [1.54, 1.807) is 11.8 Å². The molecule has 0 aromatic heterocycles. The molecule has 1 aromatic rings. The van der Waals surface area contributed by atoms with Crippen LogP contribution in [0.4, 0.5) is 0 Å². The molecular formula is C11H13NS2. The molecule has 3 heteroatoms. The molecule has 74 valence electrons. The zero-order valence-corrected chi connectivity index (χ0v) is 9.91. The van der Waals surface area contributed by atoms with E-state index in [4.69, 9.17) is 12.2 Å². The lowest BCUT2D eigenvalue weighted by Gasteiger charge is -2.03. The summed E-state index contributed by atoms with van der Waals surface area (Å²) in [5.74, 6) is 0. The molecule has 0 fully saturated rings. The van der Waals surface area contributed by atoms with Gasteiger partial charge in [-0.05, 0) is 17.9 Å². The van der Waals surface area contributed by atoms with Crippen molar-refractivity contribution in [2.45, 2.75) is 0 Å². The van der Waals surface area contributed by atoms with Crippen LogP contribution in [-0.4, -0.2) is 18.2 Å². The van der Waals surface area contributed by atoms with Gasteiger partial charge in [0.15, 0.2) is 0 Å². The SMILES string of the molecule is CN/C(=C\C(=S)c1ccccc1)SC. The van der Waals surface area contributed by atoms with Crippen molar-refractivity contribution < 1.29 is 0 Å². The van der Waals surface area contributed by atoms with Crippen molar-refractivity contribution in [1.82, 2.24) is 5.32 Å². The first kappa shape index (κ1) is 11.3. The summed E-state index contributed by atoms with van der Waals surface area (Å²) in [5.41, 5.74) is 1.09. The molecule has 0 bridgehead atoms. The van der Waals surface area contributed by atoms with Gasteiger partial charge < -0.3 is 5.32 Å². The van der Waals surface area contributed by atoms with Crippen LogP contribution >= 0.6 is 24.0 Å². The Morgan fingerprint density at radius 3 is 2.50 bits per heavy atom. The minimum absolute atomic E-state index is 0.865. The van der Waals surface area contributed by atoms with Crippen LogP contribution in [0.15, 0.2) is 41.4 Å². The van der Waals surface area contributed by atoms with Crippen LogP contribution in [0.25, 0.3) is 0 Å². The molecule has 1 aromatic carbocycles. The van der Waals surface area contributed by atoms with Crippen molar-refractivity contribution in [2.24, 2.45) is 0 Å². The van der Waals surface area contributed by atoms with Gasteiger partial charge in [0, 0.05) is 11.9 Å². The second kappa shape index (κ2) is 5.83. The minimum atomic E-state index is 0.865. The third-order valence-corrected chi connectivity index (χ3v) is 2.90. The van der Waals surface area contributed by atoms with E-state index in [1.807, 2.05) is 49.7 Å². The van der Waals surface area contributed by atoms with E-state index in [0.29, 0.717) is 0 Å². The summed E-state index contributed by atoms with van der Waals surface area (Å²) in [6.45, 7) is 0. The quantitative estimate of drug-likeness (QED) is 0.479. The second-order valence-corrected chi connectivity index (χ2v) is 3.98. The standard InChI is InChI=1S/C11H13NS2/c1-12-11(14-2)8-10(13)9-6-4-3-5-7-9/h3-8,12H,1-2H3/b11-8+. The number of thioether (sulfide) groups is 1. The van der Waals surface area contributed by atoms with Crippen LogP contribution < -0.4 is 5.32 Å². The zero-order chi connectivity index (χ0) is 10.4. The topological polar surface area (TPSA) is 12.0 Å². The Balaban J connectivity index is 2.82. The van der Waals surface area contributed by atoms with Crippen molar-refractivity contribution in [2.75, 3.05) is 13.3 Å². The van der Waals surface area contributed by atoms with Gasteiger partial charge >= 0.3 is 0 Å². The Bertz CT molecular complexity index is 324. The van der Waals surface area contributed by atoms with E-state index >= 15 is 0 Å². The molecule has 0 atom stereocenters. The van der Waals surface area contributed by atoms with Crippen molar-refractivity contribution in [3.05, 3.63) is 47.0 Å². The Labute approximate surface area is 94.6 Å². The average molecular weight is 223 g/mol. The van der Waals surface area contributed by atoms with Crippen LogP contribution in [0.5, 0.6) is 0 Å². The van der Waals surface area contributed by atoms with Gasteiger partial charge in [-0.1, -0.05) is 42.5 Å². The zero-order valence-electron chi connectivity index (χ0n) is 8.28. The van der Waals surface area contributed by atoms with E-state index in [0.717, 1.165) is 15.5 Å². The molecule has 0 unspecified atom stereocenters. The molecule has 0 saturated carbocycles. The van der Waals surface area contributed by atoms with Gasteiger partial charge in [-0.25, -0.2) is 0 Å². The first-order valence-electron chi connectivity index (χ1n) is 4.30. The van der Waals surface area contributed by atoms with Crippen molar-refractivity contribution in [3.63, 3.8) is 0 Å². The lowest BCUT2D eigenvalue weighted by atomic mass is 10.1. The number of hydrogen-bond donors (Lipinski definition) is 1. The van der Waals surface area contributed by atoms with Crippen molar-refractivity contribution in [1.29, 1.82) is 0 Å². The highest BCUT2D eigenvalue weighted by Gasteiger charge is 1.98. The Hall–Kier alpha value is -0.800. The summed E-state index contributed by atoms with van der Waals surface area (Å²) in [7, 11) is 1.90. The Morgan fingerprint density at radius 1 is 1.36 bits per heavy atom. The normalized spacial score (nSPS) is 11.1. The summed E-state index contributed by atoms with van der Waals surface area (Å²) < 4.78 is 0. The molecular weight excluding hydrogens is 210 g/mol. The number of benzene rings is 1. The fourth-order valence-electron chi connectivity index (χ4n) is 1.04. The second-order valence-electron chi connectivity index (χ2n) is 2.69. The van der Waals surface area contributed by atoms with Crippen LogP contribution in [0.1, 0.15) is 5.56 Å². The van der Waals surface area contributed by atoms with Crippen LogP contribution in [0.3, 0.4) is 0 Å². The fourth-order valence-corrected chi connectivity index (χ4v) is 1.81. The number of nitrogens with one attached hydrogen (secondary N) is 1. The van der Waals surface area contributed by atoms with Crippen LogP contribution in [0, 0.1) is 0 Å². The molecule has 1 nitrogen and oxygen atoms in total. The van der Waals surface area contributed by atoms with E-state index in [9.17, 15) is 0 Å². The molecule has 0 radical (unpaired) electrons. The maximum absolute atomic E-state index is 5.30. The van der Waals surface area contributed by atoms with E-state index < -0.39 is 0 Å². The van der Waals surface area contributed by atoms with E-state index in [-0.39, 0.29) is 0 Å². The average Bonchev–Trinajstić information content (AvgIpc) is 2.26. The lowest BCUT2D eigenvalue weighted by molar-refractivity contribution is 1.08. The molecule has 1 N–H and O–H groups in total. The monoisotopic (exact) mass is 223 g/mol. The van der Waals surface area contributed by atoms with Crippen molar-refractivity contribution in [3.8, 4) is 0 Å². The minimum Gasteiger partial charge on any atom is -0.383 e. The smallest absolute Gasteiger partial charge is 0.0690 e. The van der Waals surface area contributed by atoms with Gasteiger partial charge in [0.05, 0.1) is 5.03 Å². The van der Waals surface area contributed by atoms with Gasteiger partial charge in [-0.15, -0.1) is 11.8 Å². The van der Waals surface area contributed by atoms with Gasteiger partial charge in [0.25, 0.3) is 0 Å². The van der Waals surface area contributed by atoms with Gasteiger partial charge in [0.1, 0.15) is 0 Å². The lowest BCUT2D eigenvalue weighted by Crippen LogP contribution is -2.04. The molecule has 0 aliphatic carbocycles. The predicted octanol–water partition coefficient (Wildman–Crippen LogP) is 2.83. The fraction of sp³-hybridized carbons (Fsp3) is 0.182. The highest BCUT2D eigenvalue weighted by molar-refractivity contribution is 8.02. The third-order valence-electron chi connectivity index (χ3n) is 1.79. The molecule has 0 saturated heterocycles. The first-order valence-corrected chi connectivity index (χ1v) is 5.94. The molecule has 0 amide bonds. The van der Waals surface area contributed by atoms with Crippen LogP contribution in [0.2, 0.25) is 0 Å². The molecule has 0 heterocycles. The summed E-state index contributed by atoms with van der Waals surface area (Å²) >= 11 is 6.96. The van der Waals surface area contributed by atoms with Gasteiger partial charge in [-0.3, -0.25) is 0 Å². The van der Waals surface area contributed by atoms with E-state index in [2.05, 4.69) is 5.32 Å². The number of hydrogen-bond acceptors (Lipinski definition) is 3.